The molecule has 0 bridgehead atoms. The summed E-state index contributed by atoms with van der Waals surface area (Å²) in [5.41, 5.74) is 1.01. The largest absolute Gasteiger partial charge is 0.294 e. The SMILES string of the molecule is Cc1cccc(C(=O)Cc2ccc(F)c(Cl)c2)c1F. The van der Waals surface area contributed by atoms with Gasteiger partial charge in [0.1, 0.15) is 11.6 Å². The summed E-state index contributed by atoms with van der Waals surface area (Å²) in [6.45, 7) is 1.60. The van der Waals surface area contributed by atoms with Crippen molar-refractivity contribution in [2.45, 2.75) is 13.3 Å². The maximum Gasteiger partial charge on any atom is 0.170 e. The van der Waals surface area contributed by atoms with Crippen LogP contribution in [0.25, 0.3) is 0 Å². The fraction of sp³-hybridized carbons (Fsp3) is 0.133. The van der Waals surface area contributed by atoms with Crippen molar-refractivity contribution in [2.75, 3.05) is 0 Å². The van der Waals surface area contributed by atoms with Gasteiger partial charge in [-0.3, -0.25) is 4.79 Å². The van der Waals surface area contributed by atoms with E-state index in [1.165, 1.54) is 24.3 Å². The molecule has 0 fully saturated rings. The van der Waals surface area contributed by atoms with Gasteiger partial charge in [-0.15, -0.1) is 0 Å². The van der Waals surface area contributed by atoms with Crippen LogP contribution in [0.3, 0.4) is 0 Å². The van der Waals surface area contributed by atoms with Gasteiger partial charge in [-0.05, 0) is 36.2 Å². The number of hydrogen-bond acceptors (Lipinski definition) is 1. The third kappa shape index (κ3) is 2.99. The molecule has 0 aliphatic carbocycles. The molecular weight excluding hydrogens is 270 g/mol. The third-order valence-electron chi connectivity index (χ3n) is 2.84. The van der Waals surface area contributed by atoms with E-state index in [1.54, 1.807) is 19.1 Å². The first-order valence-electron chi connectivity index (χ1n) is 5.71. The molecule has 2 aromatic rings. The molecule has 0 radical (unpaired) electrons. The molecule has 0 N–H and O–H groups in total. The van der Waals surface area contributed by atoms with Crippen LogP contribution in [0.1, 0.15) is 21.5 Å². The molecule has 0 unspecified atom stereocenters. The van der Waals surface area contributed by atoms with Crippen molar-refractivity contribution >= 4 is 17.4 Å². The summed E-state index contributed by atoms with van der Waals surface area (Å²) < 4.78 is 26.8. The predicted molar refractivity (Wildman–Crippen MR) is 70.6 cm³/mol. The van der Waals surface area contributed by atoms with E-state index in [0.717, 1.165) is 0 Å². The van der Waals surface area contributed by atoms with E-state index in [1.807, 2.05) is 0 Å². The summed E-state index contributed by atoms with van der Waals surface area (Å²) in [5.74, 6) is -1.41. The lowest BCUT2D eigenvalue weighted by molar-refractivity contribution is 0.0989. The van der Waals surface area contributed by atoms with Gasteiger partial charge in [0.25, 0.3) is 0 Å². The van der Waals surface area contributed by atoms with Gasteiger partial charge in [0.05, 0.1) is 10.6 Å². The van der Waals surface area contributed by atoms with Crippen molar-refractivity contribution < 1.29 is 13.6 Å². The number of rotatable bonds is 3. The van der Waals surface area contributed by atoms with Crippen LogP contribution in [-0.2, 0) is 6.42 Å². The molecule has 0 amide bonds. The summed E-state index contributed by atoms with van der Waals surface area (Å²) >= 11 is 5.64. The van der Waals surface area contributed by atoms with Crippen molar-refractivity contribution in [3.05, 3.63) is 69.7 Å². The van der Waals surface area contributed by atoms with Crippen molar-refractivity contribution in [1.82, 2.24) is 0 Å². The zero-order chi connectivity index (χ0) is 14.0. The third-order valence-corrected chi connectivity index (χ3v) is 3.13. The first-order valence-corrected chi connectivity index (χ1v) is 6.09. The Kier molecular flexibility index (Phi) is 3.96. The molecule has 19 heavy (non-hydrogen) atoms. The summed E-state index contributed by atoms with van der Waals surface area (Å²) in [6.07, 6.45) is -0.0135. The van der Waals surface area contributed by atoms with Crippen molar-refractivity contribution in [3.8, 4) is 0 Å². The number of carbonyl (C=O) groups is 1. The molecule has 0 saturated heterocycles. The average molecular weight is 281 g/mol. The monoisotopic (exact) mass is 280 g/mol. The Morgan fingerprint density at radius 2 is 1.95 bits per heavy atom. The minimum atomic E-state index is -0.542. The number of aryl methyl sites for hydroxylation is 1. The fourth-order valence-electron chi connectivity index (χ4n) is 1.79. The van der Waals surface area contributed by atoms with Crippen LogP contribution in [0.2, 0.25) is 5.02 Å². The van der Waals surface area contributed by atoms with Crippen LogP contribution in [0, 0.1) is 18.6 Å². The maximum absolute atomic E-state index is 13.8. The summed E-state index contributed by atoms with van der Waals surface area (Å²) in [5, 5.41) is -0.0463. The van der Waals surface area contributed by atoms with Crippen molar-refractivity contribution in [3.63, 3.8) is 0 Å². The van der Waals surface area contributed by atoms with Gasteiger partial charge in [0, 0.05) is 6.42 Å². The Morgan fingerprint density at radius 1 is 1.21 bits per heavy atom. The zero-order valence-electron chi connectivity index (χ0n) is 10.2. The molecule has 1 nitrogen and oxygen atoms in total. The second-order valence-electron chi connectivity index (χ2n) is 4.28. The van der Waals surface area contributed by atoms with Crippen LogP contribution in [0.15, 0.2) is 36.4 Å². The van der Waals surface area contributed by atoms with E-state index in [2.05, 4.69) is 0 Å². The topological polar surface area (TPSA) is 17.1 Å². The molecule has 0 aromatic heterocycles. The number of Topliss-reactive ketones (excluding diaryl/α,β-unsaturated/α-hetero) is 1. The van der Waals surface area contributed by atoms with Gasteiger partial charge in [-0.2, -0.15) is 0 Å². The van der Waals surface area contributed by atoms with E-state index in [9.17, 15) is 13.6 Å². The predicted octanol–water partition coefficient (Wildman–Crippen LogP) is 4.35. The van der Waals surface area contributed by atoms with Gasteiger partial charge in [-0.1, -0.05) is 29.8 Å². The highest BCUT2D eigenvalue weighted by atomic mass is 35.5. The van der Waals surface area contributed by atoms with E-state index in [-0.39, 0.29) is 22.8 Å². The molecule has 4 heteroatoms. The molecular formula is C15H11ClF2O. The number of carbonyl (C=O) groups excluding carboxylic acids is 1. The van der Waals surface area contributed by atoms with Crippen LogP contribution in [-0.4, -0.2) is 5.78 Å². The number of benzene rings is 2. The van der Waals surface area contributed by atoms with E-state index in [0.29, 0.717) is 11.1 Å². The van der Waals surface area contributed by atoms with Crippen LogP contribution >= 0.6 is 11.6 Å². The molecule has 0 aliphatic rings. The fourth-order valence-corrected chi connectivity index (χ4v) is 2.00. The van der Waals surface area contributed by atoms with E-state index >= 15 is 0 Å². The van der Waals surface area contributed by atoms with Crippen LogP contribution in [0.5, 0.6) is 0 Å². The number of hydrogen-bond donors (Lipinski definition) is 0. The zero-order valence-corrected chi connectivity index (χ0v) is 11.0. The molecule has 0 aliphatic heterocycles. The van der Waals surface area contributed by atoms with Gasteiger partial charge in [0.2, 0.25) is 0 Å². The first-order chi connectivity index (χ1) is 8.99. The Hall–Kier alpha value is -1.74. The number of halogens is 3. The lowest BCUT2D eigenvalue weighted by atomic mass is 10.0. The van der Waals surface area contributed by atoms with Crippen LogP contribution < -0.4 is 0 Å². The molecule has 2 aromatic carbocycles. The lowest BCUT2D eigenvalue weighted by Gasteiger charge is -2.05. The highest BCUT2D eigenvalue weighted by Crippen LogP contribution is 2.19. The van der Waals surface area contributed by atoms with Crippen LogP contribution in [0.4, 0.5) is 8.78 Å². The molecule has 0 heterocycles. The highest BCUT2D eigenvalue weighted by molar-refractivity contribution is 6.30. The maximum atomic E-state index is 13.8. The molecule has 0 saturated carbocycles. The Balaban J connectivity index is 2.26. The second kappa shape index (κ2) is 5.49. The smallest absolute Gasteiger partial charge is 0.170 e. The van der Waals surface area contributed by atoms with E-state index in [4.69, 9.17) is 11.6 Å². The normalized spacial score (nSPS) is 10.5. The minimum Gasteiger partial charge on any atom is -0.294 e. The van der Waals surface area contributed by atoms with Crippen molar-refractivity contribution in [2.24, 2.45) is 0 Å². The number of ketones is 1. The molecule has 98 valence electrons. The minimum absolute atomic E-state index is 0.0135. The standard InChI is InChI=1S/C15H11ClF2O/c1-9-3-2-4-11(15(9)18)14(19)8-10-5-6-13(17)12(16)7-10/h2-7H,8H2,1H3. The molecule has 2 rings (SSSR count). The summed E-state index contributed by atoms with van der Waals surface area (Å²) in [6, 6.07) is 8.70. The quantitative estimate of drug-likeness (QED) is 0.764. The first kappa shape index (κ1) is 13.7. The summed E-state index contributed by atoms with van der Waals surface area (Å²) in [7, 11) is 0. The highest BCUT2D eigenvalue weighted by Gasteiger charge is 2.14. The Morgan fingerprint density at radius 3 is 2.63 bits per heavy atom. The molecule has 0 spiro atoms. The molecule has 0 atom stereocenters. The van der Waals surface area contributed by atoms with Gasteiger partial charge >= 0.3 is 0 Å². The van der Waals surface area contributed by atoms with E-state index < -0.39 is 11.6 Å². The Labute approximate surface area is 114 Å². The van der Waals surface area contributed by atoms with Crippen molar-refractivity contribution in [1.29, 1.82) is 0 Å². The van der Waals surface area contributed by atoms with Gasteiger partial charge in [0.15, 0.2) is 5.78 Å². The van der Waals surface area contributed by atoms with Gasteiger partial charge in [-0.25, -0.2) is 8.78 Å². The Bertz CT molecular complexity index is 638. The second-order valence-corrected chi connectivity index (χ2v) is 4.69. The lowest BCUT2D eigenvalue weighted by Crippen LogP contribution is -2.07. The summed E-state index contributed by atoms with van der Waals surface area (Å²) in [4.78, 5) is 12.0. The van der Waals surface area contributed by atoms with Gasteiger partial charge < -0.3 is 0 Å². The average Bonchev–Trinajstić information content (AvgIpc) is 2.37.